The van der Waals surface area contributed by atoms with E-state index in [-0.39, 0.29) is 12.7 Å². The lowest BCUT2D eigenvalue weighted by molar-refractivity contribution is 0.0356. The average molecular weight is 407 g/mol. The van der Waals surface area contributed by atoms with Gasteiger partial charge in [0.2, 0.25) is 0 Å². The number of aliphatic hydroxyl groups excluding tert-OH is 1. The molecule has 4 nitrogen and oxygen atoms in total. The summed E-state index contributed by atoms with van der Waals surface area (Å²) < 4.78 is 18.0. The highest BCUT2D eigenvalue weighted by atomic mass is 28.4. The van der Waals surface area contributed by atoms with Gasteiger partial charge < -0.3 is 19.0 Å². The van der Waals surface area contributed by atoms with E-state index in [9.17, 15) is 5.11 Å². The molecule has 0 radical (unpaired) electrons. The molecule has 0 aliphatic carbocycles. The second-order valence-electron chi connectivity index (χ2n) is 7.09. The standard InChI is InChI=1S/C23H38O4Si/c1-6-10-20(15-16-24)17-23(27-28(7-2,8-3)9-4)19-26-18-21-11-13-22(25-5)14-12-21/h6,11-15,23-24H,1,7-10,16-19H2,2-5H3/b20-15-/t23-/m1/s1. The topological polar surface area (TPSA) is 47.9 Å². The molecule has 1 atom stereocenters. The summed E-state index contributed by atoms with van der Waals surface area (Å²) in [5, 5.41) is 9.33. The number of ether oxygens (including phenoxy) is 2. The van der Waals surface area contributed by atoms with E-state index in [1.54, 1.807) is 7.11 Å². The second-order valence-corrected chi connectivity index (χ2v) is 11.8. The number of hydrogen-bond donors (Lipinski definition) is 1. The maximum absolute atomic E-state index is 9.33. The van der Waals surface area contributed by atoms with Crippen molar-refractivity contribution in [1.82, 2.24) is 0 Å². The van der Waals surface area contributed by atoms with Gasteiger partial charge in [-0.25, -0.2) is 0 Å². The highest BCUT2D eigenvalue weighted by Gasteiger charge is 2.32. The van der Waals surface area contributed by atoms with Crippen molar-refractivity contribution in [2.75, 3.05) is 20.3 Å². The fourth-order valence-corrected chi connectivity index (χ4v) is 6.23. The summed E-state index contributed by atoms with van der Waals surface area (Å²) in [5.41, 5.74) is 2.27. The largest absolute Gasteiger partial charge is 0.497 e. The van der Waals surface area contributed by atoms with Crippen LogP contribution in [0.2, 0.25) is 18.1 Å². The van der Waals surface area contributed by atoms with Crippen LogP contribution in [0.3, 0.4) is 0 Å². The van der Waals surface area contributed by atoms with E-state index < -0.39 is 8.32 Å². The molecular weight excluding hydrogens is 368 g/mol. The molecule has 1 N–H and O–H groups in total. The van der Waals surface area contributed by atoms with Gasteiger partial charge in [0, 0.05) is 0 Å². The van der Waals surface area contributed by atoms with E-state index in [4.69, 9.17) is 13.9 Å². The summed E-state index contributed by atoms with van der Waals surface area (Å²) >= 11 is 0. The first-order valence-electron chi connectivity index (χ1n) is 10.3. The van der Waals surface area contributed by atoms with E-state index in [2.05, 4.69) is 27.4 Å². The number of hydrogen-bond acceptors (Lipinski definition) is 4. The molecular formula is C23H38O4Si. The number of benzene rings is 1. The van der Waals surface area contributed by atoms with Gasteiger partial charge in [-0.1, -0.05) is 50.6 Å². The van der Waals surface area contributed by atoms with E-state index in [0.29, 0.717) is 13.2 Å². The van der Waals surface area contributed by atoms with Crippen LogP contribution >= 0.6 is 0 Å². The van der Waals surface area contributed by atoms with E-state index in [0.717, 1.165) is 47.9 Å². The molecule has 5 heteroatoms. The third-order valence-electron chi connectivity index (χ3n) is 5.36. The van der Waals surface area contributed by atoms with Crippen molar-refractivity contribution in [1.29, 1.82) is 0 Å². The van der Waals surface area contributed by atoms with Gasteiger partial charge in [0.25, 0.3) is 0 Å². The van der Waals surface area contributed by atoms with Crippen LogP contribution < -0.4 is 4.74 Å². The van der Waals surface area contributed by atoms with Crippen molar-refractivity contribution in [3.8, 4) is 5.75 Å². The van der Waals surface area contributed by atoms with Gasteiger partial charge in [0.1, 0.15) is 5.75 Å². The Morgan fingerprint density at radius 1 is 1.14 bits per heavy atom. The molecule has 0 bridgehead atoms. The fraction of sp³-hybridized carbons (Fsp3) is 0.565. The molecule has 158 valence electrons. The van der Waals surface area contributed by atoms with Crippen molar-refractivity contribution in [3.63, 3.8) is 0 Å². The first kappa shape index (κ1) is 24.6. The number of rotatable bonds is 15. The fourth-order valence-electron chi connectivity index (χ4n) is 3.38. The maximum atomic E-state index is 9.33. The van der Waals surface area contributed by atoms with Gasteiger partial charge >= 0.3 is 0 Å². The van der Waals surface area contributed by atoms with Gasteiger partial charge in [-0.3, -0.25) is 0 Å². The lowest BCUT2D eigenvalue weighted by atomic mass is 10.1. The van der Waals surface area contributed by atoms with Crippen LogP contribution in [0, 0.1) is 0 Å². The van der Waals surface area contributed by atoms with Crippen LogP contribution in [0.4, 0.5) is 0 Å². The molecule has 0 spiro atoms. The zero-order chi connectivity index (χ0) is 20.8. The molecule has 1 aromatic carbocycles. The summed E-state index contributed by atoms with van der Waals surface area (Å²) in [6, 6.07) is 11.3. The number of aliphatic hydroxyl groups is 1. The highest BCUT2D eigenvalue weighted by Crippen LogP contribution is 2.26. The Labute approximate surface area is 172 Å². The summed E-state index contributed by atoms with van der Waals surface area (Å²) in [6.07, 6.45) is 5.28. The molecule has 0 fully saturated rings. The quantitative estimate of drug-likeness (QED) is 0.309. The Kier molecular flexibility index (Phi) is 12.1. The predicted molar refractivity (Wildman–Crippen MR) is 119 cm³/mol. The third kappa shape index (κ3) is 8.31. The van der Waals surface area contributed by atoms with Crippen LogP contribution in [0.25, 0.3) is 0 Å². The minimum Gasteiger partial charge on any atom is -0.497 e. The molecule has 1 rings (SSSR count). The minimum absolute atomic E-state index is 0.00233. The molecule has 0 heterocycles. The number of methoxy groups -OCH3 is 1. The van der Waals surface area contributed by atoms with E-state index >= 15 is 0 Å². The number of allylic oxidation sites excluding steroid dienone is 1. The maximum Gasteiger partial charge on any atom is 0.192 e. The summed E-state index contributed by atoms with van der Waals surface area (Å²) in [4.78, 5) is 0. The second kappa shape index (κ2) is 13.7. The van der Waals surface area contributed by atoms with Crippen LogP contribution in [-0.4, -0.2) is 39.9 Å². The Morgan fingerprint density at radius 3 is 2.29 bits per heavy atom. The van der Waals surface area contributed by atoms with Crippen molar-refractivity contribution >= 4 is 8.32 Å². The average Bonchev–Trinajstić information content (AvgIpc) is 2.73. The zero-order valence-corrected chi connectivity index (χ0v) is 19.1. The Balaban J connectivity index is 2.79. The smallest absolute Gasteiger partial charge is 0.192 e. The summed E-state index contributed by atoms with van der Waals surface area (Å²) in [5.74, 6) is 0.845. The van der Waals surface area contributed by atoms with Gasteiger partial charge in [0.05, 0.1) is 33.0 Å². The molecule has 0 saturated heterocycles. The van der Waals surface area contributed by atoms with Crippen molar-refractivity contribution in [2.24, 2.45) is 0 Å². The highest BCUT2D eigenvalue weighted by molar-refractivity contribution is 6.73. The van der Waals surface area contributed by atoms with E-state index in [1.807, 2.05) is 36.4 Å². The van der Waals surface area contributed by atoms with Crippen LogP contribution in [0.1, 0.15) is 39.2 Å². The third-order valence-corrected chi connectivity index (χ3v) is 10.1. The first-order chi connectivity index (χ1) is 13.6. The predicted octanol–water partition coefficient (Wildman–Crippen LogP) is 5.49. The minimum atomic E-state index is -1.75. The lowest BCUT2D eigenvalue weighted by Gasteiger charge is -2.33. The Bertz CT molecular complexity index is 571. The monoisotopic (exact) mass is 406 g/mol. The molecule has 28 heavy (non-hydrogen) atoms. The lowest BCUT2D eigenvalue weighted by Crippen LogP contribution is -2.41. The van der Waals surface area contributed by atoms with E-state index in [1.165, 1.54) is 0 Å². The van der Waals surface area contributed by atoms with Gasteiger partial charge in [-0.05, 0) is 48.7 Å². The van der Waals surface area contributed by atoms with Gasteiger partial charge in [0.15, 0.2) is 8.32 Å². The summed E-state index contributed by atoms with van der Waals surface area (Å²) in [6.45, 7) is 11.7. The Morgan fingerprint density at radius 2 is 1.79 bits per heavy atom. The summed E-state index contributed by atoms with van der Waals surface area (Å²) in [7, 11) is -0.0808. The van der Waals surface area contributed by atoms with Crippen molar-refractivity contribution < 1.29 is 19.0 Å². The first-order valence-corrected chi connectivity index (χ1v) is 12.9. The van der Waals surface area contributed by atoms with Gasteiger partial charge in [-0.2, -0.15) is 0 Å². The van der Waals surface area contributed by atoms with Crippen molar-refractivity contribution in [2.45, 2.75) is 64.5 Å². The van der Waals surface area contributed by atoms with Gasteiger partial charge in [-0.15, -0.1) is 6.58 Å². The normalized spacial score (nSPS) is 13.4. The van der Waals surface area contributed by atoms with Crippen LogP contribution in [-0.2, 0) is 15.8 Å². The molecule has 0 aliphatic rings. The van der Waals surface area contributed by atoms with Crippen LogP contribution in [0.5, 0.6) is 5.75 Å². The molecule has 1 aromatic rings. The SMILES string of the molecule is C=CC/C(=C/CO)C[C@H](COCc1ccc(OC)cc1)O[Si](CC)(CC)CC. The van der Waals surface area contributed by atoms with Crippen LogP contribution in [0.15, 0.2) is 48.6 Å². The Hall–Kier alpha value is -1.40. The molecule has 0 unspecified atom stereocenters. The van der Waals surface area contributed by atoms with Crippen molar-refractivity contribution in [3.05, 3.63) is 54.1 Å². The molecule has 0 aliphatic heterocycles. The molecule has 0 amide bonds. The molecule has 0 aromatic heterocycles. The molecule has 0 saturated carbocycles. The zero-order valence-electron chi connectivity index (χ0n) is 18.1.